The Morgan fingerprint density at radius 3 is 2.80 bits per heavy atom. The van der Waals surface area contributed by atoms with E-state index < -0.39 is 0 Å². The molecular weight excluding hydrogens is 270 g/mol. The molecule has 4 nitrogen and oxygen atoms in total. The van der Waals surface area contributed by atoms with E-state index in [4.69, 9.17) is 9.73 Å². The molecule has 0 aromatic carbocycles. The first-order valence-electron chi connectivity index (χ1n) is 7.85. The number of aliphatic imine (C=N–C) groups is 1. The van der Waals surface area contributed by atoms with Gasteiger partial charge in [0.05, 0.1) is 5.54 Å². The minimum absolute atomic E-state index is 0.277. The maximum absolute atomic E-state index is 5.45. The zero-order chi connectivity index (χ0) is 14.4. The summed E-state index contributed by atoms with van der Waals surface area (Å²) in [5.74, 6) is 1.16. The van der Waals surface area contributed by atoms with Crippen molar-refractivity contribution < 1.29 is 4.74 Å². The molecule has 0 unspecified atom stereocenters. The highest BCUT2D eigenvalue weighted by Gasteiger charge is 2.38. The number of hydrogen-bond donors (Lipinski definition) is 1. The van der Waals surface area contributed by atoms with E-state index in [1.807, 2.05) is 11.8 Å². The Kier molecular flexibility index (Phi) is 6.18. The second kappa shape index (κ2) is 7.66. The first-order valence-corrected chi connectivity index (χ1v) is 8.83. The minimum atomic E-state index is 0.277. The van der Waals surface area contributed by atoms with Crippen LogP contribution in [0.3, 0.4) is 0 Å². The molecule has 20 heavy (non-hydrogen) atoms. The molecule has 2 aliphatic rings. The average Bonchev–Trinajstić information content (AvgIpc) is 2.81. The van der Waals surface area contributed by atoms with E-state index in [-0.39, 0.29) is 5.54 Å². The number of thioether (sulfide) groups is 1. The van der Waals surface area contributed by atoms with Gasteiger partial charge in [-0.2, -0.15) is 0 Å². The first kappa shape index (κ1) is 16.1. The Hall–Kier alpha value is -0.260. The number of unbranched alkanes of at least 4 members (excludes halogenated alkanes) is 1. The Morgan fingerprint density at radius 2 is 2.10 bits per heavy atom. The maximum atomic E-state index is 5.45. The summed E-state index contributed by atoms with van der Waals surface area (Å²) < 4.78 is 5.45. The van der Waals surface area contributed by atoms with E-state index in [0.717, 1.165) is 43.5 Å². The van der Waals surface area contributed by atoms with E-state index in [1.54, 1.807) is 0 Å². The van der Waals surface area contributed by atoms with Crippen molar-refractivity contribution in [2.24, 2.45) is 4.99 Å². The van der Waals surface area contributed by atoms with Crippen LogP contribution in [0.4, 0.5) is 0 Å². The van der Waals surface area contributed by atoms with Gasteiger partial charge in [0.2, 0.25) is 0 Å². The average molecular weight is 299 g/mol. The highest BCUT2D eigenvalue weighted by molar-refractivity contribution is 8.14. The molecule has 0 aliphatic carbocycles. The van der Waals surface area contributed by atoms with Crippen LogP contribution >= 0.6 is 11.8 Å². The Labute approximate surface area is 127 Å². The molecule has 2 fully saturated rings. The molecule has 0 aromatic heterocycles. The van der Waals surface area contributed by atoms with Gasteiger partial charge in [-0.25, -0.2) is 0 Å². The summed E-state index contributed by atoms with van der Waals surface area (Å²) in [7, 11) is 2.19. The molecule has 116 valence electrons. The largest absolute Gasteiger partial charge is 0.381 e. The third kappa shape index (κ3) is 4.64. The van der Waals surface area contributed by atoms with Crippen molar-refractivity contribution >= 4 is 16.9 Å². The van der Waals surface area contributed by atoms with E-state index >= 15 is 0 Å². The van der Waals surface area contributed by atoms with Gasteiger partial charge in [-0.1, -0.05) is 11.8 Å². The van der Waals surface area contributed by atoms with Crippen LogP contribution in [0.15, 0.2) is 4.99 Å². The highest BCUT2D eigenvalue weighted by atomic mass is 32.2. The SMILES string of the molecule is CC(C)N(C)CCCCN=C1NC2(CCOCC2)CS1. The summed E-state index contributed by atoms with van der Waals surface area (Å²) in [6.45, 7) is 8.39. The smallest absolute Gasteiger partial charge is 0.157 e. The molecule has 2 aliphatic heterocycles. The monoisotopic (exact) mass is 299 g/mol. The van der Waals surface area contributed by atoms with Gasteiger partial charge >= 0.3 is 0 Å². The maximum Gasteiger partial charge on any atom is 0.157 e. The van der Waals surface area contributed by atoms with E-state index in [2.05, 4.69) is 31.1 Å². The molecule has 5 heteroatoms. The van der Waals surface area contributed by atoms with Gasteiger partial charge < -0.3 is 15.0 Å². The standard InChI is InChI=1S/C15H29N3OS/c1-13(2)18(3)9-5-4-8-16-14-17-15(12-20-14)6-10-19-11-7-15/h13H,4-12H2,1-3H3,(H,16,17). The number of ether oxygens (including phenoxy) is 1. The lowest BCUT2D eigenvalue weighted by Gasteiger charge is -2.32. The van der Waals surface area contributed by atoms with Crippen LogP contribution in [0.25, 0.3) is 0 Å². The normalized spacial score (nSPS) is 23.9. The Bertz CT molecular complexity index is 327. The van der Waals surface area contributed by atoms with Gasteiger partial charge in [0, 0.05) is 31.6 Å². The zero-order valence-electron chi connectivity index (χ0n) is 13.2. The number of rotatable bonds is 6. The van der Waals surface area contributed by atoms with E-state index in [1.165, 1.54) is 19.4 Å². The van der Waals surface area contributed by atoms with Gasteiger partial charge in [-0.05, 0) is 53.1 Å². The summed E-state index contributed by atoms with van der Waals surface area (Å²) in [6, 6.07) is 0.641. The third-order valence-corrected chi connectivity index (χ3v) is 5.56. The Balaban J connectivity index is 1.63. The predicted molar refractivity (Wildman–Crippen MR) is 87.7 cm³/mol. The third-order valence-electron chi connectivity index (χ3n) is 4.36. The summed E-state index contributed by atoms with van der Waals surface area (Å²) in [4.78, 5) is 7.12. The molecule has 2 heterocycles. The van der Waals surface area contributed by atoms with Crippen molar-refractivity contribution in [3.63, 3.8) is 0 Å². The van der Waals surface area contributed by atoms with Gasteiger partial charge in [-0.15, -0.1) is 0 Å². The number of hydrogen-bond acceptors (Lipinski definition) is 4. The van der Waals surface area contributed by atoms with Crippen LogP contribution in [0.2, 0.25) is 0 Å². The van der Waals surface area contributed by atoms with Gasteiger partial charge in [0.1, 0.15) is 0 Å². The van der Waals surface area contributed by atoms with Gasteiger partial charge in [-0.3, -0.25) is 4.99 Å². The first-order chi connectivity index (χ1) is 9.61. The van der Waals surface area contributed by atoms with Crippen molar-refractivity contribution in [2.75, 3.05) is 39.1 Å². The van der Waals surface area contributed by atoms with Crippen LogP contribution in [0, 0.1) is 0 Å². The fourth-order valence-corrected chi connectivity index (χ4v) is 3.78. The van der Waals surface area contributed by atoms with Crippen LogP contribution in [-0.4, -0.2) is 60.8 Å². The molecule has 0 saturated carbocycles. The predicted octanol–water partition coefficient (Wildman–Crippen LogP) is 2.35. The fourth-order valence-electron chi connectivity index (χ4n) is 2.53. The topological polar surface area (TPSA) is 36.9 Å². The minimum Gasteiger partial charge on any atom is -0.381 e. The van der Waals surface area contributed by atoms with Gasteiger partial charge in [0.25, 0.3) is 0 Å². The second-order valence-corrected chi connectivity index (χ2v) is 7.24. The molecule has 1 N–H and O–H groups in total. The fraction of sp³-hybridized carbons (Fsp3) is 0.933. The molecule has 2 rings (SSSR count). The van der Waals surface area contributed by atoms with Crippen LogP contribution in [0.1, 0.15) is 39.5 Å². The summed E-state index contributed by atoms with van der Waals surface area (Å²) in [6.07, 6.45) is 4.66. The van der Waals surface area contributed by atoms with Crippen molar-refractivity contribution in [3.8, 4) is 0 Å². The molecular formula is C15H29N3OS. The highest BCUT2D eigenvalue weighted by Crippen LogP contribution is 2.31. The van der Waals surface area contributed by atoms with Crippen molar-refractivity contribution in [2.45, 2.75) is 51.1 Å². The van der Waals surface area contributed by atoms with E-state index in [9.17, 15) is 0 Å². The number of nitrogens with one attached hydrogen (secondary N) is 1. The number of nitrogens with zero attached hydrogens (tertiary/aromatic N) is 2. The molecule has 0 aromatic rings. The molecule has 0 radical (unpaired) electrons. The summed E-state index contributed by atoms with van der Waals surface area (Å²) in [5, 5.41) is 4.80. The van der Waals surface area contributed by atoms with E-state index in [0.29, 0.717) is 6.04 Å². The van der Waals surface area contributed by atoms with Gasteiger partial charge in [0.15, 0.2) is 5.17 Å². The van der Waals surface area contributed by atoms with Crippen LogP contribution in [-0.2, 0) is 4.74 Å². The van der Waals surface area contributed by atoms with Crippen LogP contribution < -0.4 is 5.32 Å². The lowest BCUT2D eigenvalue weighted by atomic mass is 9.93. The second-order valence-electron chi connectivity index (χ2n) is 6.27. The van der Waals surface area contributed by atoms with Crippen LogP contribution in [0.5, 0.6) is 0 Å². The quantitative estimate of drug-likeness (QED) is 0.764. The lowest BCUT2D eigenvalue weighted by Crippen LogP contribution is -2.48. The molecule has 1 spiro atoms. The molecule has 0 bridgehead atoms. The Morgan fingerprint density at radius 1 is 1.35 bits per heavy atom. The van der Waals surface area contributed by atoms with Crippen molar-refractivity contribution in [1.82, 2.24) is 10.2 Å². The number of amidine groups is 1. The summed E-state index contributed by atoms with van der Waals surface area (Å²) >= 11 is 1.89. The molecule has 0 atom stereocenters. The molecule has 0 amide bonds. The van der Waals surface area contributed by atoms with Crippen molar-refractivity contribution in [3.05, 3.63) is 0 Å². The summed E-state index contributed by atoms with van der Waals surface area (Å²) in [5.41, 5.74) is 0.277. The molecule has 2 saturated heterocycles. The van der Waals surface area contributed by atoms with Crippen molar-refractivity contribution in [1.29, 1.82) is 0 Å². The zero-order valence-corrected chi connectivity index (χ0v) is 14.0. The lowest BCUT2D eigenvalue weighted by molar-refractivity contribution is 0.0555.